The molecule has 0 atom stereocenters. The van der Waals surface area contributed by atoms with Gasteiger partial charge in [0.05, 0.1) is 18.4 Å². The molecule has 0 fully saturated rings. The van der Waals surface area contributed by atoms with Crippen molar-refractivity contribution in [1.29, 1.82) is 0 Å². The molecule has 0 saturated carbocycles. The summed E-state index contributed by atoms with van der Waals surface area (Å²) >= 11 is 0. The highest BCUT2D eigenvalue weighted by Crippen LogP contribution is 2.46. The molecule has 6 heteroatoms. The lowest BCUT2D eigenvalue weighted by atomic mass is 10.0. The molecule has 1 aliphatic heterocycles. The summed E-state index contributed by atoms with van der Waals surface area (Å²) in [5.74, 6) is 1.65. The number of aromatic nitrogens is 1. The zero-order valence-corrected chi connectivity index (χ0v) is 14.5. The molecule has 1 aliphatic carbocycles. The van der Waals surface area contributed by atoms with Crippen LogP contribution in [0.5, 0.6) is 17.2 Å². The molecule has 0 amide bonds. The van der Waals surface area contributed by atoms with Gasteiger partial charge in [0.2, 0.25) is 6.79 Å². The van der Waals surface area contributed by atoms with Gasteiger partial charge in [-0.25, -0.2) is 0 Å². The second-order valence-electron chi connectivity index (χ2n) is 6.54. The number of nitrogens with zero attached hydrogens (tertiary/aromatic N) is 1. The summed E-state index contributed by atoms with van der Waals surface area (Å²) in [6.07, 6.45) is 0. The van der Waals surface area contributed by atoms with E-state index in [9.17, 15) is 9.59 Å². The molecule has 2 aliphatic rings. The summed E-state index contributed by atoms with van der Waals surface area (Å²) in [7, 11) is 3.26. The van der Waals surface area contributed by atoms with Crippen molar-refractivity contribution in [2.75, 3.05) is 13.9 Å². The van der Waals surface area contributed by atoms with Gasteiger partial charge in [0.1, 0.15) is 5.75 Å². The zero-order chi connectivity index (χ0) is 18.2. The summed E-state index contributed by atoms with van der Waals surface area (Å²) in [5, 5.41) is 1.11. The molecule has 0 saturated heterocycles. The van der Waals surface area contributed by atoms with Crippen LogP contribution in [0.15, 0.2) is 29.1 Å². The predicted molar refractivity (Wildman–Crippen MR) is 95.5 cm³/mol. The maximum Gasteiger partial charge on any atom is 0.258 e. The molecule has 0 N–H and O–H groups in total. The number of ketones is 1. The van der Waals surface area contributed by atoms with Gasteiger partial charge in [-0.1, -0.05) is 0 Å². The van der Waals surface area contributed by atoms with Gasteiger partial charge >= 0.3 is 0 Å². The summed E-state index contributed by atoms with van der Waals surface area (Å²) in [6.45, 7) is 2.01. The van der Waals surface area contributed by atoms with Crippen LogP contribution in [0.3, 0.4) is 0 Å². The van der Waals surface area contributed by atoms with Crippen molar-refractivity contribution in [1.82, 2.24) is 4.57 Å². The van der Waals surface area contributed by atoms with Crippen molar-refractivity contribution in [3.63, 3.8) is 0 Å². The molecule has 2 heterocycles. The molecule has 5 rings (SSSR count). The van der Waals surface area contributed by atoms with E-state index in [2.05, 4.69) is 0 Å². The van der Waals surface area contributed by atoms with E-state index in [0.717, 1.165) is 5.56 Å². The molecule has 6 nitrogen and oxygen atoms in total. The molecule has 3 aromatic rings. The van der Waals surface area contributed by atoms with Crippen LogP contribution < -0.4 is 19.8 Å². The standard InChI is InChI=1S/C20H15NO5/c1-9-4-13-10(5-14(9)24-3)17-18(21(2)20(13)23)11-6-15-16(26-8-25-15)7-12(11)19(17)22/h4-7H,8H2,1-3H3. The van der Waals surface area contributed by atoms with Gasteiger partial charge in [-0.2, -0.15) is 0 Å². The average molecular weight is 349 g/mol. The molecule has 26 heavy (non-hydrogen) atoms. The highest BCUT2D eigenvalue weighted by atomic mass is 16.7. The molecule has 0 spiro atoms. The van der Waals surface area contributed by atoms with E-state index in [0.29, 0.717) is 50.4 Å². The van der Waals surface area contributed by atoms with E-state index < -0.39 is 0 Å². The third-order valence-electron chi connectivity index (χ3n) is 5.15. The highest BCUT2D eigenvalue weighted by molar-refractivity contribution is 6.27. The maximum absolute atomic E-state index is 13.2. The van der Waals surface area contributed by atoms with E-state index in [1.165, 1.54) is 4.57 Å². The van der Waals surface area contributed by atoms with Gasteiger partial charge in [-0.05, 0) is 36.8 Å². The minimum absolute atomic E-state index is 0.125. The van der Waals surface area contributed by atoms with Crippen molar-refractivity contribution in [2.24, 2.45) is 7.05 Å². The van der Waals surface area contributed by atoms with Gasteiger partial charge < -0.3 is 18.8 Å². The number of methoxy groups -OCH3 is 1. The summed E-state index contributed by atoms with van der Waals surface area (Å²) < 4.78 is 17.8. The summed E-state index contributed by atoms with van der Waals surface area (Å²) in [5.41, 5.74) is 3.02. The van der Waals surface area contributed by atoms with Crippen molar-refractivity contribution in [3.8, 4) is 28.5 Å². The van der Waals surface area contributed by atoms with Gasteiger partial charge in [0.25, 0.3) is 5.56 Å². The number of ether oxygens (including phenoxy) is 3. The molecule has 1 aromatic heterocycles. The third-order valence-corrected chi connectivity index (χ3v) is 5.15. The Morgan fingerprint density at radius 1 is 1.00 bits per heavy atom. The van der Waals surface area contributed by atoms with Crippen LogP contribution in [0.25, 0.3) is 22.0 Å². The van der Waals surface area contributed by atoms with Crippen molar-refractivity contribution >= 4 is 16.6 Å². The first-order valence-corrected chi connectivity index (χ1v) is 8.21. The van der Waals surface area contributed by atoms with Crippen LogP contribution in [0.2, 0.25) is 0 Å². The number of rotatable bonds is 1. The second-order valence-corrected chi connectivity index (χ2v) is 6.54. The van der Waals surface area contributed by atoms with Crippen LogP contribution in [-0.2, 0) is 7.05 Å². The van der Waals surface area contributed by atoms with Crippen molar-refractivity contribution < 1.29 is 19.0 Å². The SMILES string of the molecule is COc1cc2c3c(n(C)c(=O)c2cc1C)-c1cc2c(cc1C3=O)OCO2. The monoisotopic (exact) mass is 349 g/mol. The molecule has 130 valence electrons. The van der Waals surface area contributed by atoms with E-state index in [1.54, 1.807) is 38.4 Å². The largest absolute Gasteiger partial charge is 0.496 e. The Balaban J connectivity index is 1.94. The predicted octanol–water partition coefficient (Wildman–Crippen LogP) is 2.80. The minimum Gasteiger partial charge on any atom is -0.496 e. The Hall–Kier alpha value is -3.28. The van der Waals surface area contributed by atoms with Crippen LogP contribution in [0.4, 0.5) is 0 Å². The van der Waals surface area contributed by atoms with Crippen LogP contribution in [-0.4, -0.2) is 24.3 Å². The number of pyridine rings is 1. The molecule has 2 aromatic carbocycles. The minimum atomic E-state index is -0.150. The molecule has 0 radical (unpaired) electrons. The molecular formula is C20H15NO5. The number of carbonyl (C=O) groups excluding carboxylic acids is 1. The van der Waals surface area contributed by atoms with E-state index in [-0.39, 0.29) is 18.1 Å². The zero-order valence-electron chi connectivity index (χ0n) is 14.5. The lowest BCUT2D eigenvalue weighted by molar-refractivity contribution is 0.104. The number of fused-ring (bicyclic) bond motifs is 6. The van der Waals surface area contributed by atoms with Crippen LogP contribution in [0, 0.1) is 6.92 Å². The van der Waals surface area contributed by atoms with E-state index in [4.69, 9.17) is 14.2 Å². The fourth-order valence-electron chi connectivity index (χ4n) is 3.87. The molecular weight excluding hydrogens is 334 g/mol. The molecule has 0 bridgehead atoms. The van der Waals surface area contributed by atoms with Gasteiger partial charge in [0, 0.05) is 28.9 Å². The second kappa shape index (κ2) is 4.88. The van der Waals surface area contributed by atoms with Crippen molar-refractivity contribution in [2.45, 2.75) is 6.92 Å². The lowest BCUT2D eigenvalue weighted by Gasteiger charge is -2.13. The Bertz CT molecular complexity index is 1210. The summed E-state index contributed by atoms with van der Waals surface area (Å²) in [4.78, 5) is 26.1. The Labute approximate surface area is 148 Å². The first kappa shape index (κ1) is 15.0. The number of benzene rings is 2. The van der Waals surface area contributed by atoms with Gasteiger partial charge in [-0.15, -0.1) is 0 Å². The first-order chi connectivity index (χ1) is 12.5. The number of carbonyl (C=O) groups is 1. The first-order valence-electron chi connectivity index (χ1n) is 8.21. The third kappa shape index (κ3) is 1.71. The normalized spacial score (nSPS) is 13.9. The van der Waals surface area contributed by atoms with Crippen LogP contribution >= 0.6 is 0 Å². The smallest absolute Gasteiger partial charge is 0.258 e. The Morgan fingerprint density at radius 2 is 1.69 bits per heavy atom. The average Bonchev–Trinajstić information content (AvgIpc) is 3.20. The fraction of sp³-hybridized carbons (Fsp3) is 0.200. The maximum atomic E-state index is 13.2. The topological polar surface area (TPSA) is 66.8 Å². The van der Waals surface area contributed by atoms with Gasteiger partial charge in [0.15, 0.2) is 17.3 Å². The summed E-state index contributed by atoms with van der Waals surface area (Å²) in [6, 6.07) is 7.02. The lowest BCUT2D eigenvalue weighted by Crippen LogP contribution is -2.20. The Morgan fingerprint density at radius 3 is 2.38 bits per heavy atom. The molecule has 0 unspecified atom stereocenters. The highest BCUT2D eigenvalue weighted by Gasteiger charge is 2.34. The van der Waals surface area contributed by atoms with Crippen LogP contribution in [0.1, 0.15) is 21.5 Å². The quantitative estimate of drug-likeness (QED) is 0.529. The van der Waals surface area contributed by atoms with E-state index >= 15 is 0 Å². The fourth-order valence-corrected chi connectivity index (χ4v) is 3.87. The van der Waals surface area contributed by atoms with E-state index in [1.807, 2.05) is 6.92 Å². The number of aryl methyl sites for hydroxylation is 1. The van der Waals surface area contributed by atoms with Gasteiger partial charge in [-0.3, -0.25) is 9.59 Å². The van der Waals surface area contributed by atoms with Crippen molar-refractivity contribution in [3.05, 3.63) is 51.3 Å². The number of hydrogen-bond donors (Lipinski definition) is 0. The Kier molecular flexibility index (Phi) is 2.82. The number of hydrogen-bond acceptors (Lipinski definition) is 5.